The maximum absolute atomic E-state index is 14.3. The zero-order chi connectivity index (χ0) is 36.8. The van der Waals surface area contributed by atoms with Gasteiger partial charge in [-0.25, -0.2) is 19.7 Å². The van der Waals surface area contributed by atoms with Crippen LogP contribution in [0.5, 0.6) is 5.88 Å². The molecule has 3 atom stereocenters. The number of nitrogens with one attached hydrogen (secondary N) is 2. The highest BCUT2D eigenvalue weighted by Gasteiger charge is 2.51. The Morgan fingerprint density at radius 3 is 2.31 bits per heavy atom. The number of para-hydroxylation sites is 2. The van der Waals surface area contributed by atoms with Crippen LogP contribution in [-0.4, -0.2) is 81.0 Å². The predicted octanol–water partition coefficient (Wildman–Crippen LogP) is 6.15. The lowest BCUT2D eigenvalue weighted by molar-refractivity contribution is -0.135. The number of fused-ring (bicyclic) bond motifs is 1. The molecule has 7 rings (SSSR count). The minimum Gasteiger partial charge on any atom is -0.471 e. The van der Waals surface area contributed by atoms with Crippen molar-refractivity contribution in [3.63, 3.8) is 0 Å². The average molecular weight is 723 g/mol. The van der Waals surface area contributed by atoms with Crippen LogP contribution in [0.3, 0.4) is 0 Å². The van der Waals surface area contributed by atoms with Crippen molar-refractivity contribution in [3.05, 3.63) is 78.1 Å². The number of carbonyl (C=O) groups excluding carboxylic acids is 2. The summed E-state index contributed by atoms with van der Waals surface area (Å²) in [6.07, 6.45) is 1.15. The Hall–Kier alpha value is -4.79. The number of hydrogen-bond donors (Lipinski definition) is 2. The van der Waals surface area contributed by atoms with E-state index in [-0.39, 0.29) is 18.4 Å². The Labute approximate surface area is 307 Å². The number of nitrogens with zero attached hydrogens (tertiary/aromatic N) is 4. The maximum atomic E-state index is 14.3. The van der Waals surface area contributed by atoms with Crippen LogP contribution in [0, 0.1) is 5.92 Å². The van der Waals surface area contributed by atoms with Crippen LogP contribution in [0.25, 0.3) is 32.9 Å². The summed E-state index contributed by atoms with van der Waals surface area (Å²) in [6.45, 7) is 12.1. The second-order valence-electron chi connectivity index (χ2n) is 14.6. The lowest BCUT2D eigenvalue weighted by Gasteiger charge is -2.32. The van der Waals surface area contributed by atoms with E-state index in [4.69, 9.17) is 33.7 Å². The fraction of sp³-hybridized carbons (Fsp3) is 0.395. The highest BCUT2D eigenvalue weighted by atomic mass is 32.1. The summed E-state index contributed by atoms with van der Waals surface area (Å²) >= 11 is 1.55. The summed E-state index contributed by atoms with van der Waals surface area (Å²) in [7, 11) is 0.811. The van der Waals surface area contributed by atoms with Crippen molar-refractivity contribution in [2.45, 2.75) is 77.4 Å². The van der Waals surface area contributed by atoms with Gasteiger partial charge in [-0.3, -0.25) is 4.79 Å². The molecular weight excluding hydrogens is 679 g/mol. The number of imidazole rings is 1. The van der Waals surface area contributed by atoms with Gasteiger partial charge in [0.05, 0.1) is 52.5 Å². The Balaban J connectivity index is 1.18. The van der Waals surface area contributed by atoms with E-state index in [1.165, 1.54) is 7.11 Å². The number of methoxy groups -OCH3 is 1. The minimum atomic E-state index is -0.826. The summed E-state index contributed by atoms with van der Waals surface area (Å²) in [5.74, 6) is 0.533. The number of hydrogen-bond acceptors (Lipinski definition) is 10. The highest BCUT2D eigenvalue weighted by Crippen LogP contribution is 2.39. The van der Waals surface area contributed by atoms with Gasteiger partial charge < -0.3 is 34.0 Å². The SMILES string of the molecule is COC(=O)NC(C(=O)N1C[C@H](Oc2nc3ccccc3nc2-c2cccs2)C[C@H]1c1nc(-c2ccc(B3OC(C)(C)C(C)(C)O3)cc2)c[nH]1)C(C)C. The van der Waals surface area contributed by atoms with E-state index < -0.39 is 42.6 Å². The molecule has 2 aromatic carbocycles. The molecular formula is C38H43BN6O6S. The van der Waals surface area contributed by atoms with E-state index in [0.29, 0.717) is 29.3 Å². The van der Waals surface area contributed by atoms with E-state index in [1.807, 2.05) is 114 Å². The van der Waals surface area contributed by atoms with Gasteiger partial charge >= 0.3 is 13.2 Å². The molecule has 0 bridgehead atoms. The smallest absolute Gasteiger partial charge is 0.471 e. The largest absolute Gasteiger partial charge is 0.494 e. The van der Waals surface area contributed by atoms with Crippen molar-refractivity contribution < 1.29 is 28.4 Å². The molecule has 52 heavy (non-hydrogen) atoms. The van der Waals surface area contributed by atoms with Crippen LogP contribution in [-0.2, 0) is 18.8 Å². The summed E-state index contributed by atoms with van der Waals surface area (Å²) < 4.78 is 24.0. The maximum Gasteiger partial charge on any atom is 0.494 e. The van der Waals surface area contributed by atoms with Crippen LogP contribution in [0.1, 0.15) is 59.8 Å². The van der Waals surface area contributed by atoms with Gasteiger partial charge in [-0.2, -0.15) is 0 Å². The minimum absolute atomic E-state index is 0.210. The molecule has 14 heteroatoms. The number of likely N-dealkylation sites (tertiary alicyclic amines) is 1. The van der Waals surface area contributed by atoms with Crippen LogP contribution in [0.2, 0.25) is 0 Å². The Bertz CT molecular complexity index is 2050. The topological polar surface area (TPSA) is 141 Å². The van der Waals surface area contributed by atoms with Crippen molar-refractivity contribution in [1.29, 1.82) is 0 Å². The molecule has 2 fully saturated rings. The van der Waals surface area contributed by atoms with Gasteiger partial charge in [-0.15, -0.1) is 11.3 Å². The number of carbonyl (C=O) groups is 2. The molecule has 0 radical (unpaired) electrons. The number of alkyl carbamates (subject to hydrolysis) is 1. The Kier molecular flexibility index (Phi) is 9.57. The van der Waals surface area contributed by atoms with E-state index in [0.717, 1.165) is 27.1 Å². The molecule has 2 aliphatic heterocycles. The summed E-state index contributed by atoms with van der Waals surface area (Å²) in [5.41, 5.74) is 3.78. The van der Waals surface area contributed by atoms with E-state index in [9.17, 15) is 9.59 Å². The fourth-order valence-electron chi connectivity index (χ4n) is 6.51. The number of aromatic nitrogens is 4. The number of H-pyrrole nitrogens is 1. The molecule has 0 saturated carbocycles. The first-order chi connectivity index (χ1) is 24.8. The van der Waals surface area contributed by atoms with Crippen molar-refractivity contribution in [1.82, 2.24) is 30.2 Å². The van der Waals surface area contributed by atoms with Crippen LogP contribution in [0.15, 0.2) is 72.2 Å². The molecule has 0 aliphatic carbocycles. The number of benzene rings is 2. The Morgan fingerprint density at radius 1 is 0.981 bits per heavy atom. The number of thiophene rings is 1. The van der Waals surface area contributed by atoms with Crippen molar-refractivity contribution in [2.24, 2.45) is 5.92 Å². The highest BCUT2D eigenvalue weighted by molar-refractivity contribution is 7.13. The van der Waals surface area contributed by atoms with E-state index in [2.05, 4.69) is 10.3 Å². The summed E-state index contributed by atoms with van der Waals surface area (Å²) in [4.78, 5) is 47.4. The first kappa shape index (κ1) is 35.6. The molecule has 0 spiro atoms. The second kappa shape index (κ2) is 14.0. The molecule has 270 valence electrons. The molecule has 5 aromatic rings. The quantitative estimate of drug-likeness (QED) is 0.172. The lowest BCUT2D eigenvalue weighted by Crippen LogP contribution is -2.51. The van der Waals surface area contributed by atoms with Gasteiger partial charge in [0.2, 0.25) is 11.8 Å². The monoisotopic (exact) mass is 722 g/mol. The summed E-state index contributed by atoms with van der Waals surface area (Å²) in [5, 5.41) is 4.72. The lowest BCUT2D eigenvalue weighted by atomic mass is 9.79. The zero-order valence-corrected chi connectivity index (χ0v) is 31.2. The van der Waals surface area contributed by atoms with E-state index >= 15 is 0 Å². The third kappa shape index (κ3) is 6.90. The second-order valence-corrected chi connectivity index (χ2v) is 15.5. The molecule has 2 saturated heterocycles. The van der Waals surface area contributed by atoms with Gasteiger partial charge in [0.1, 0.15) is 23.7 Å². The standard InChI is InChI=1S/C38H43BN6O6S/c1-22(2)31(44-36(47)48-7)35(46)45-21-25(49-34-32(30-13-10-18-52-30)41-26-11-8-9-12-27(26)43-34)19-29(45)33-40-20-28(42-33)23-14-16-24(17-15-23)39-50-37(3,4)38(5,6)51-39/h8-18,20,22,25,29,31H,19,21H2,1-7H3,(H,40,42)(H,44,47)/t25-,29+,31?/m1/s1. The summed E-state index contributed by atoms with van der Waals surface area (Å²) in [6, 6.07) is 18.3. The third-order valence-corrected chi connectivity index (χ3v) is 11.0. The van der Waals surface area contributed by atoms with E-state index in [1.54, 1.807) is 16.2 Å². The predicted molar refractivity (Wildman–Crippen MR) is 200 cm³/mol. The van der Waals surface area contributed by atoms with Gasteiger partial charge in [0.15, 0.2) is 0 Å². The first-order valence-electron chi connectivity index (χ1n) is 17.5. The zero-order valence-electron chi connectivity index (χ0n) is 30.4. The van der Waals surface area contributed by atoms with Gasteiger partial charge in [-0.1, -0.05) is 56.3 Å². The molecule has 2 amide bonds. The van der Waals surface area contributed by atoms with Crippen molar-refractivity contribution in [3.8, 4) is 27.7 Å². The normalized spacial score (nSPS) is 20.0. The molecule has 3 aromatic heterocycles. The molecule has 12 nitrogen and oxygen atoms in total. The van der Waals surface area contributed by atoms with Gasteiger partial charge in [-0.05, 0) is 62.7 Å². The molecule has 2 N–H and O–H groups in total. The van der Waals surface area contributed by atoms with Gasteiger partial charge in [0, 0.05) is 18.2 Å². The number of aromatic amines is 1. The molecule has 1 unspecified atom stereocenters. The number of rotatable bonds is 9. The number of amides is 2. The van der Waals surface area contributed by atoms with Crippen LogP contribution < -0.4 is 15.5 Å². The first-order valence-corrected chi connectivity index (χ1v) is 18.3. The average Bonchev–Trinajstić information content (AvgIpc) is 3.93. The molecule has 5 heterocycles. The number of ether oxygens (including phenoxy) is 2. The molecule has 2 aliphatic rings. The Morgan fingerprint density at radius 2 is 1.67 bits per heavy atom. The van der Waals surface area contributed by atoms with Crippen molar-refractivity contribution >= 4 is 47.0 Å². The van der Waals surface area contributed by atoms with Crippen molar-refractivity contribution in [2.75, 3.05) is 13.7 Å². The van der Waals surface area contributed by atoms with Crippen LogP contribution in [0.4, 0.5) is 4.79 Å². The van der Waals surface area contributed by atoms with Gasteiger partial charge in [0.25, 0.3) is 0 Å². The van der Waals surface area contributed by atoms with Crippen LogP contribution >= 0.6 is 11.3 Å². The fourth-order valence-corrected chi connectivity index (χ4v) is 7.21. The third-order valence-electron chi connectivity index (χ3n) is 10.2.